The van der Waals surface area contributed by atoms with Gasteiger partial charge in [0.25, 0.3) is 0 Å². The van der Waals surface area contributed by atoms with Crippen LogP contribution in [-0.2, 0) is 9.59 Å². The molecule has 4 heteroatoms. The van der Waals surface area contributed by atoms with E-state index in [4.69, 9.17) is 5.11 Å². The second-order valence-corrected chi connectivity index (χ2v) is 6.82. The second-order valence-electron chi connectivity index (χ2n) is 6.82. The van der Waals surface area contributed by atoms with E-state index >= 15 is 0 Å². The molecule has 118 valence electrons. The topological polar surface area (TPSA) is 57.6 Å². The Balaban J connectivity index is 4.90. The van der Waals surface area contributed by atoms with Gasteiger partial charge in [-0.05, 0) is 24.2 Å². The number of carbonyl (C=O) groups excluding carboxylic acids is 1. The highest BCUT2D eigenvalue weighted by Gasteiger charge is 2.30. The van der Waals surface area contributed by atoms with Crippen LogP contribution in [-0.4, -0.2) is 34.5 Å². The highest BCUT2D eigenvalue weighted by Crippen LogP contribution is 2.27. The molecule has 0 heterocycles. The van der Waals surface area contributed by atoms with Crippen LogP contribution in [0, 0.1) is 11.3 Å². The number of carbonyl (C=O) groups is 2. The SMILES string of the molecule is CCC(CC)N(CC(C)C)C(=O)CC(C)(C)CC(=O)O. The lowest BCUT2D eigenvalue weighted by Crippen LogP contribution is -2.43. The van der Waals surface area contributed by atoms with Crippen molar-refractivity contribution in [3.05, 3.63) is 0 Å². The van der Waals surface area contributed by atoms with Crippen LogP contribution < -0.4 is 0 Å². The Hall–Kier alpha value is -1.06. The number of aliphatic carboxylic acids is 1. The van der Waals surface area contributed by atoms with E-state index in [0.717, 1.165) is 19.4 Å². The van der Waals surface area contributed by atoms with E-state index in [-0.39, 0.29) is 18.4 Å². The van der Waals surface area contributed by atoms with E-state index in [1.807, 2.05) is 18.7 Å². The van der Waals surface area contributed by atoms with Gasteiger partial charge in [-0.2, -0.15) is 0 Å². The maximum atomic E-state index is 12.6. The molecule has 0 rings (SSSR count). The normalized spacial score (nSPS) is 12.0. The molecule has 0 aliphatic carbocycles. The van der Waals surface area contributed by atoms with Crippen molar-refractivity contribution >= 4 is 11.9 Å². The average Bonchev–Trinajstić information content (AvgIpc) is 2.25. The highest BCUT2D eigenvalue weighted by molar-refractivity contribution is 5.78. The zero-order chi connectivity index (χ0) is 15.9. The number of hydrogen-bond donors (Lipinski definition) is 1. The fourth-order valence-electron chi connectivity index (χ4n) is 2.56. The molecule has 0 bridgehead atoms. The molecule has 0 aliphatic rings. The van der Waals surface area contributed by atoms with Crippen molar-refractivity contribution in [1.29, 1.82) is 0 Å². The number of hydrogen-bond acceptors (Lipinski definition) is 2. The molecule has 1 amide bonds. The molecule has 0 unspecified atom stereocenters. The molecule has 0 aromatic carbocycles. The summed E-state index contributed by atoms with van der Waals surface area (Å²) in [6, 6.07) is 0.255. The van der Waals surface area contributed by atoms with Gasteiger partial charge in [0.05, 0.1) is 6.42 Å². The third-order valence-electron chi connectivity index (χ3n) is 3.53. The molecular weight excluding hydrogens is 254 g/mol. The number of carboxylic acid groups (broad SMARTS) is 1. The summed E-state index contributed by atoms with van der Waals surface area (Å²) in [5.74, 6) is -0.346. The maximum Gasteiger partial charge on any atom is 0.303 e. The summed E-state index contributed by atoms with van der Waals surface area (Å²) in [4.78, 5) is 25.4. The first kappa shape index (κ1) is 18.9. The number of amides is 1. The molecule has 0 aromatic rings. The maximum absolute atomic E-state index is 12.6. The molecule has 1 N–H and O–H groups in total. The summed E-state index contributed by atoms with van der Waals surface area (Å²) in [7, 11) is 0. The summed E-state index contributed by atoms with van der Waals surface area (Å²) in [6.45, 7) is 12.8. The standard InChI is InChI=1S/C16H31NO3/c1-7-13(8-2)17(11-12(3)4)14(18)9-16(5,6)10-15(19)20/h12-13H,7-11H2,1-6H3,(H,19,20). The number of carboxylic acids is 1. The van der Waals surface area contributed by atoms with E-state index in [0.29, 0.717) is 12.3 Å². The molecule has 4 nitrogen and oxygen atoms in total. The first-order valence-corrected chi connectivity index (χ1v) is 7.64. The van der Waals surface area contributed by atoms with Crippen LogP contribution >= 0.6 is 0 Å². The van der Waals surface area contributed by atoms with E-state index in [9.17, 15) is 9.59 Å². The lowest BCUT2D eigenvalue weighted by atomic mass is 9.85. The fraction of sp³-hybridized carbons (Fsp3) is 0.875. The van der Waals surface area contributed by atoms with Gasteiger partial charge in [0.1, 0.15) is 0 Å². The van der Waals surface area contributed by atoms with E-state index in [1.165, 1.54) is 0 Å². The van der Waals surface area contributed by atoms with Gasteiger partial charge in [-0.15, -0.1) is 0 Å². The second kappa shape index (κ2) is 8.28. The van der Waals surface area contributed by atoms with Gasteiger partial charge in [0.2, 0.25) is 5.91 Å². The first-order chi connectivity index (χ1) is 9.12. The minimum atomic E-state index is -0.847. The van der Waals surface area contributed by atoms with Gasteiger partial charge in [-0.25, -0.2) is 0 Å². The van der Waals surface area contributed by atoms with Crippen LogP contribution in [0.15, 0.2) is 0 Å². The third kappa shape index (κ3) is 6.92. The van der Waals surface area contributed by atoms with Crippen molar-refractivity contribution in [3.63, 3.8) is 0 Å². The van der Waals surface area contributed by atoms with Gasteiger partial charge in [0, 0.05) is 19.0 Å². The largest absolute Gasteiger partial charge is 0.481 e. The molecule has 0 spiro atoms. The molecule has 0 saturated heterocycles. The molecule has 0 atom stereocenters. The average molecular weight is 285 g/mol. The minimum Gasteiger partial charge on any atom is -0.481 e. The van der Waals surface area contributed by atoms with Crippen LogP contribution in [0.3, 0.4) is 0 Å². The molecular formula is C16H31NO3. The Labute approximate surface area is 123 Å². The zero-order valence-electron chi connectivity index (χ0n) is 13.9. The first-order valence-electron chi connectivity index (χ1n) is 7.64. The van der Waals surface area contributed by atoms with Gasteiger partial charge in [-0.3, -0.25) is 9.59 Å². The smallest absolute Gasteiger partial charge is 0.303 e. The monoisotopic (exact) mass is 285 g/mol. The van der Waals surface area contributed by atoms with Gasteiger partial charge >= 0.3 is 5.97 Å². The van der Waals surface area contributed by atoms with Crippen molar-refractivity contribution in [2.45, 2.75) is 73.3 Å². The summed E-state index contributed by atoms with van der Waals surface area (Å²) in [5, 5.41) is 8.92. The highest BCUT2D eigenvalue weighted by atomic mass is 16.4. The summed E-state index contributed by atoms with van der Waals surface area (Å²) < 4.78 is 0. The Morgan fingerprint density at radius 3 is 1.95 bits per heavy atom. The molecule has 0 aromatic heterocycles. The summed E-state index contributed by atoms with van der Waals surface area (Å²) in [6.07, 6.45) is 2.20. The van der Waals surface area contributed by atoms with Gasteiger partial charge in [-0.1, -0.05) is 41.5 Å². The molecule has 20 heavy (non-hydrogen) atoms. The zero-order valence-corrected chi connectivity index (χ0v) is 13.9. The van der Waals surface area contributed by atoms with Crippen LogP contribution in [0.4, 0.5) is 0 Å². The Morgan fingerprint density at radius 1 is 1.10 bits per heavy atom. The van der Waals surface area contributed by atoms with Crippen molar-refractivity contribution < 1.29 is 14.7 Å². The fourth-order valence-corrected chi connectivity index (χ4v) is 2.56. The number of rotatable bonds is 9. The third-order valence-corrected chi connectivity index (χ3v) is 3.53. The van der Waals surface area contributed by atoms with E-state index < -0.39 is 11.4 Å². The lowest BCUT2D eigenvalue weighted by Gasteiger charge is -2.34. The van der Waals surface area contributed by atoms with Crippen LogP contribution in [0.5, 0.6) is 0 Å². The predicted molar refractivity (Wildman–Crippen MR) is 81.6 cm³/mol. The minimum absolute atomic E-state index is 0.0250. The van der Waals surface area contributed by atoms with Crippen molar-refractivity contribution in [1.82, 2.24) is 4.90 Å². The van der Waals surface area contributed by atoms with Crippen LogP contribution in [0.2, 0.25) is 0 Å². The Morgan fingerprint density at radius 2 is 1.60 bits per heavy atom. The van der Waals surface area contributed by atoms with Crippen molar-refractivity contribution in [3.8, 4) is 0 Å². The number of nitrogens with zero attached hydrogens (tertiary/aromatic N) is 1. The lowest BCUT2D eigenvalue weighted by molar-refractivity contribution is -0.141. The van der Waals surface area contributed by atoms with Crippen molar-refractivity contribution in [2.24, 2.45) is 11.3 Å². The molecule has 0 radical (unpaired) electrons. The predicted octanol–water partition coefficient (Wildman–Crippen LogP) is 3.55. The molecule has 0 fully saturated rings. The Bertz CT molecular complexity index is 320. The van der Waals surface area contributed by atoms with Gasteiger partial charge in [0.15, 0.2) is 0 Å². The van der Waals surface area contributed by atoms with Crippen LogP contribution in [0.25, 0.3) is 0 Å². The molecule has 0 aliphatic heterocycles. The molecule has 0 saturated carbocycles. The quantitative estimate of drug-likeness (QED) is 0.705. The van der Waals surface area contributed by atoms with E-state index in [2.05, 4.69) is 27.7 Å². The summed E-state index contributed by atoms with van der Waals surface area (Å²) >= 11 is 0. The Kier molecular flexibility index (Phi) is 7.84. The van der Waals surface area contributed by atoms with E-state index in [1.54, 1.807) is 0 Å². The van der Waals surface area contributed by atoms with Crippen LogP contribution in [0.1, 0.15) is 67.2 Å². The van der Waals surface area contributed by atoms with Gasteiger partial charge < -0.3 is 10.0 Å². The summed E-state index contributed by atoms with van der Waals surface area (Å²) in [5.41, 5.74) is -0.496. The van der Waals surface area contributed by atoms with Crippen molar-refractivity contribution in [2.75, 3.05) is 6.54 Å².